The summed E-state index contributed by atoms with van der Waals surface area (Å²) in [4.78, 5) is 0.245. The van der Waals surface area contributed by atoms with E-state index < -0.39 is 9.84 Å². The quantitative estimate of drug-likeness (QED) is 0.844. The largest absolute Gasteiger partial charge is 0.224 e. The molecular weight excluding hydrogens is 258 g/mol. The predicted octanol–water partition coefficient (Wildman–Crippen LogP) is 2.81. The topological polar surface area (TPSA) is 57.9 Å². The van der Waals surface area contributed by atoms with Crippen LogP contribution in [0.4, 0.5) is 0 Å². The summed E-state index contributed by atoms with van der Waals surface area (Å²) < 4.78 is 24.3. The van der Waals surface area contributed by atoms with E-state index in [0.29, 0.717) is 11.4 Å². The smallest absolute Gasteiger partial charge is 0.179 e. The van der Waals surface area contributed by atoms with Crippen molar-refractivity contribution in [2.24, 2.45) is 5.41 Å². The van der Waals surface area contributed by atoms with Crippen molar-refractivity contribution in [3.05, 3.63) is 29.3 Å². The highest BCUT2D eigenvalue weighted by molar-refractivity contribution is 7.91. The number of nitrogens with zero attached hydrogens (tertiary/aromatic N) is 1. The highest BCUT2D eigenvalue weighted by Gasteiger charge is 2.46. The number of halogens is 1. The molecular formula is C12H12ClNO2S. The van der Waals surface area contributed by atoms with Crippen LogP contribution in [0, 0.1) is 16.7 Å². The van der Waals surface area contributed by atoms with Crippen LogP contribution in [0.15, 0.2) is 29.2 Å². The molecule has 3 nitrogen and oxygen atoms in total. The highest BCUT2D eigenvalue weighted by Crippen LogP contribution is 2.50. The lowest BCUT2D eigenvalue weighted by Gasteiger charge is -2.11. The fourth-order valence-electron chi connectivity index (χ4n) is 1.86. The predicted molar refractivity (Wildman–Crippen MR) is 65.4 cm³/mol. The van der Waals surface area contributed by atoms with Crippen molar-refractivity contribution in [2.75, 3.05) is 5.75 Å². The van der Waals surface area contributed by atoms with Gasteiger partial charge in [-0.05, 0) is 36.5 Å². The van der Waals surface area contributed by atoms with Gasteiger partial charge in [0.15, 0.2) is 9.84 Å². The van der Waals surface area contributed by atoms with E-state index in [9.17, 15) is 8.42 Å². The van der Waals surface area contributed by atoms with Gasteiger partial charge in [-0.25, -0.2) is 8.42 Å². The van der Waals surface area contributed by atoms with E-state index in [1.807, 2.05) is 0 Å². The summed E-state index contributed by atoms with van der Waals surface area (Å²) in [5, 5.41) is 9.10. The van der Waals surface area contributed by atoms with E-state index in [4.69, 9.17) is 16.9 Å². The van der Waals surface area contributed by atoms with Crippen LogP contribution in [0.2, 0.25) is 5.02 Å². The molecule has 0 saturated heterocycles. The highest BCUT2D eigenvalue weighted by atomic mass is 35.5. The maximum absolute atomic E-state index is 12.1. The van der Waals surface area contributed by atoms with Crippen LogP contribution in [-0.2, 0) is 9.84 Å². The van der Waals surface area contributed by atoms with E-state index in [1.54, 1.807) is 18.2 Å². The number of hydrogen-bond acceptors (Lipinski definition) is 3. The molecule has 2 rings (SSSR count). The maximum Gasteiger partial charge on any atom is 0.179 e. The lowest BCUT2D eigenvalue weighted by molar-refractivity contribution is 0.548. The van der Waals surface area contributed by atoms with Gasteiger partial charge in [0.05, 0.1) is 16.7 Å². The first-order valence-corrected chi connectivity index (χ1v) is 7.36. The number of nitriles is 1. The second-order valence-electron chi connectivity index (χ2n) is 4.55. The van der Waals surface area contributed by atoms with Gasteiger partial charge >= 0.3 is 0 Å². The molecule has 1 aromatic carbocycles. The molecule has 90 valence electrons. The Hall–Kier alpha value is -1.05. The van der Waals surface area contributed by atoms with Crippen molar-refractivity contribution in [1.82, 2.24) is 0 Å². The fourth-order valence-corrected chi connectivity index (χ4v) is 4.07. The van der Waals surface area contributed by atoms with E-state index >= 15 is 0 Å². The molecule has 5 heteroatoms. The van der Waals surface area contributed by atoms with Crippen molar-refractivity contribution < 1.29 is 8.42 Å². The second-order valence-corrected chi connectivity index (χ2v) is 6.98. The molecule has 1 aliphatic carbocycles. The normalized spacial score (nSPS) is 17.4. The summed E-state index contributed by atoms with van der Waals surface area (Å²) in [5.74, 6) is 0.0495. The van der Waals surface area contributed by atoms with Gasteiger partial charge in [0.25, 0.3) is 0 Å². The first-order chi connectivity index (χ1) is 7.97. The Bertz CT molecular complexity index is 570. The van der Waals surface area contributed by atoms with Gasteiger partial charge < -0.3 is 0 Å². The Balaban J connectivity index is 2.24. The van der Waals surface area contributed by atoms with Gasteiger partial charge in [-0.15, -0.1) is 0 Å². The molecule has 0 atom stereocenters. The zero-order valence-corrected chi connectivity index (χ0v) is 10.8. The zero-order valence-electron chi connectivity index (χ0n) is 9.19. The minimum atomic E-state index is -3.34. The summed E-state index contributed by atoms with van der Waals surface area (Å²) >= 11 is 5.78. The lowest BCUT2D eigenvalue weighted by atomic mass is 10.1. The van der Waals surface area contributed by atoms with Crippen molar-refractivity contribution in [3.8, 4) is 6.07 Å². The van der Waals surface area contributed by atoms with Crippen LogP contribution in [0.3, 0.4) is 0 Å². The van der Waals surface area contributed by atoms with Crippen LogP contribution in [0.1, 0.15) is 19.3 Å². The van der Waals surface area contributed by atoms with Gasteiger partial charge in [-0.2, -0.15) is 5.26 Å². The summed E-state index contributed by atoms with van der Waals surface area (Å²) in [6.45, 7) is 0. The van der Waals surface area contributed by atoms with E-state index in [0.717, 1.165) is 12.8 Å². The van der Waals surface area contributed by atoms with E-state index in [1.165, 1.54) is 6.07 Å². The summed E-state index contributed by atoms with van der Waals surface area (Å²) in [6.07, 6.45) is 1.95. The SMILES string of the molecule is N#CCC1(CS(=O)(=O)c2cccc(Cl)c2)CC1. The van der Waals surface area contributed by atoms with Crippen LogP contribution < -0.4 is 0 Å². The molecule has 0 N–H and O–H groups in total. The molecule has 0 aliphatic heterocycles. The number of rotatable bonds is 4. The zero-order chi connectivity index (χ0) is 12.5. The Morgan fingerprint density at radius 2 is 2.12 bits per heavy atom. The Labute approximate surface area is 106 Å². The first-order valence-electron chi connectivity index (χ1n) is 5.33. The molecule has 0 spiro atoms. The number of benzene rings is 1. The van der Waals surface area contributed by atoms with Crippen LogP contribution >= 0.6 is 11.6 Å². The number of hydrogen-bond donors (Lipinski definition) is 0. The van der Waals surface area contributed by atoms with Crippen molar-refractivity contribution in [1.29, 1.82) is 5.26 Å². The van der Waals surface area contributed by atoms with Gasteiger partial charge in [-0.1, -0.05) is 17.7 Å². The van der Waals surface area contributed by atoms with Gasteiger partial charge in [0, 0.05) is 11.4 Å². The molecule has 17 heavy (non-hydrogen) atoms. The molecule has 0 unspecified atom stereocenters. The van der Waals surface area contributed by atoms with Crippen molar-refractivity contribution in [3.63, 3.8) is 0 Å². The molecule has 0 amide bonds. The second kappa shape index (κ2) is 4.32. The van der Waals surface area contributed by atoms with Gasteiger partial charge in [0.1, 0.15) is 0 Å². The van der Waals surface area contributed by atoms with Crippen LogP contribution in [-0.4, -0.2) is 14.2 Å². The van der Waals surface area contributed by atoms with Crippen LogP contribution in [0.25, 0.3) is 0 Å². The minimum absolute atomic E-state index is 0.0495. The third-order valence-electron chi connectivity index (χ3n) is 3.06. The molecule has 0 aromatic heterocycles. The fraction of sp³-hybridized carbons (Fsp3) is 0.417. The molecule has 1 fully saturated rings. The summed E-state index contributed by atoms with van der Waals surface area (Å²) in [7, 11) is -3.34. The Morgan fingerprint density at radius 1 is 1.41 bits per heavy atom. The van der Waals surface area contributed by atoms with Gasteiger partial charge in [0.2, 0.25) is 0 Å². The number of sulfone groups is 1. The average molecular weight is 270 g/mol. The maximum atomic E-state index is 12.1. The molecule has 0 bridgehead atoms. The first kappa shape index (κ1) is 12.4. The lowest BCUT2D eigenvalue weighted by Crippen LogP contribution is -2.17. The molecule has 1 aliphatic rings. The Morgan fingerprint density at radius 3 is 2.65 bits per heavy atom. The summed E-state index contributed by atoms with van der Waals surface area (Å²) in [5.41, 5.74) is -0.310. The third-order valence-corrected chi connectivity index (χ3v) is 5.26. The average Bonchev–Trinajstić information content (AvgIpc) is 2.97. The van der Waals surface area contributed by atoms with Gasteiger partial charge in [-0.3, -0.25) is 0 Å². The van der Waals surface area contributed by atoms with E-state index in [2.05, 4.69) is 6.07 Å². The van der Waals surface area contributed by atoms with Crippen molar-refractivity contribution >= 4 is 21.4 Å². The minimum Gasteiger partial charge on any atom is -0.224 e. The van der Waals surface area contributed by atoms with Crippen LogP contribution in [0.5, 0.6) is 0 Å². The standard InChI is InChI=1S/C12H12ClNO2S/c13-10-2-1-3-11(8-10)17(15,16)9-12(4-5-12)6-7-14/h1-3,8H,4-6,9H2. The van der Waals surface area contributed by atoms with E-state index in [-0.39, 0.29) is 16.1 Å². The Kier molecular flexibility index (Phi) is 3.15. The molecule has 0 radical (unpaired) electrons. The third kappa shape index (κ3) is 2.80. The monoisotopic (exact) mass is 269 g/mol. The molecule has 0 heterocycles. The summed E-state index contributed by atoms with van der Waals surface area (Å²) in [6, 6.07) is 8.33. The van der Waals surface area contributed by atoms with Crippen molar-refractivity contribution in [2.45, 2.75) is 24.2 Å². The molecule has 1 aromatic rings. The molecule has 1 saturated carbocycles.